The summed E-state index contributed by atoms with van der Waals surface area (Å²) in [4.78, 5) is 33.2. The molecule has 3 unspecified atom stereocenters. The van der Waals surface area contributed by atoms with Crippen molar-refractivity contribution in [3.05, 3.63) is 65.7 Å². The molecule has 5 rings (SSSR count). The number of benzene rings is 1. The number of amides is 1. The van der Waals surface area contributed by atoms with Gasteiger partial charge < -0.3 is 29.7 Å². The van der Waals surface area contributed by atoms with E-state index in [0.29, 0.717) is 42.4 Å². The van der Waals surface area contributed by atoms with Gasteiger partial charge in [0.1, 0.15) is 17.2 Å². The minimum atomic E-state index is -0.567. The zero-order valence-corrected chi connectivity index (χ0v) is 25.0. The number of hydrogen-bond acceptors (Lipinski definition) is 10. The first kappa shape index (κ1) is 32.1. The maximum absolute atomic E-state index is 12.0. The molecule has 4 heterocycles. The van der Waals surface area contributed by atoms with Crippen LogP contribution in [0.15, 0.2) is 49.1 Å². The van der Waals surface area contributed by atoms with Crippen LogP contribution >= 0.6 is 11.6 Å². The van der Waals surface area contributed by atoms with Gasteiger partial charge >= 0.3 is 6.09 Å². The Balaban J connectivity index is 0.000000458. The van der Waals surface area contributed by atoms with E-state index in [9.17, 15) is 18.7 Å². The average Bonchev–Trinajstić information content (AvgIpc) is 3.42. The van der Waals surface area contributed by atoms with Crippen molar-refractivity contribution in [1.29, 1.82) is 0 Å². The van der Waals surface area contributed by atoms with Crippen molar-refractivity contribution < 1.29 is 28.2 Å². The van der Waals surface area contributed by atoms with Crippen LogP contribution in [0.3, 0.4) is 0 Å². The van der Waals surface area contributed by atoms with E-state index in [2.05, 4.69) is 25.3 Å². The number of β-amino-alcohol motifs (C(OH)–C–C–N with tert-alkyl or cyclic N) is 1. The van der Waals surface area contributed by atoms with Crippen LogP contribution in [-0.4, -0.2) is 81.7 Å². The molecule has 2 saturated heterocycles. The van der Waals surface area contributed by atoms with Crippen LogP contribution in [0.4, 0.5) is 25.5 Å². The number of aliphatic hydroxyl groups excluding tert-OH is 1. The van der Waals surface area contributed by atoms with Gasteiger partial charge in [0.05, 0.1) is 48.6 Å². The van der Waals surface area contributed by atoms with E-state index < -0.39 is 29.4 Å². The van der Waals surface area contributed by atoms with E-state index in [4.69, 9.17) is 21.1 Å². The number of carbonyl (C=O) groups is 1. The lowest BCUT2D eigenvalue weighted by Gasteiger charge is -2.35. The minimum absolute atomic E-state index is 0.0171. The Morgan fingerprint density at radius 1 is 0.953 bits per heavy atom. The summed E-state index contributed by atoms with van der Waals surface area (Å²) in [6.07, 6.45) is 6.93. The van der Waals surface area contributed by atoms with E-state index in [1.54, 1.807) is 24.8 Å². The van der Waals surface area contributed by atoms with Gasteiger partial charge in [-0.2, -0.15) is 0 Å². The Labute approximate surface area is 254 Å². The number of anilines is 2. The molecule has 0 aliphatic carbocycles. The molecule has 11 nitrogen and oxygen atoms in total. The molecule has 0 bridgehead atoms. The van der Waals surface area contributed by atoms with Crippen LogP contribution in [0.2, 0.25) is 5.02 Å². The summed E-state index contributed by atoms with van der Waals surface area (Å²) in [7, 11) is 0. The fourth-order valence-electron chi connectivity index (χ4n) is 4.54. The number of halogens is 3. The molecule has 2 N–H and O–H groups in total. The quantitative estimate of drug-likeness (QED) is 0.413. The van der Waals surface area contributed by atoms with Gasteiger partial charge in [0.25, 0.3) is 0 Å². The summed E-state index contributed by atoms with van der Waals surface area (Å²) < 4.78 is 35.0. The Hall–Kier alpha value is -3.84. The summed E-state index contributed by atoms with van der Waals surface area (Å²) in [6.45, 7) is 8.38. The van der Waals surface area contributed by atoms with E-state index >= 15 is 0 Å². The fraction of sp³-hybridized carbons (Fsp3) is 0.483. The molecule has 232 valence electrons. The third-order valence-electron chi connectivity index (χ3n) is 6.69. The molecule has 14 heteroatoms. The summed E-state index contributed by atoms with van der Waals surface area (Å²) in [5.74, 6) is 0.853. The van der Waals surface area contributed by atoms with Gasteiger partial charge in [-0.15, -0.1) is 0 Å². The van der Waals surface area contributed by atoms with E-state index in [-0.39, 0.29) is 12.0 Å². The highest BCUT2D eigenvalue weighted by molar-refractivity contribution is 6.30. The smallest absolute Gasteiger partial charge is 0.407 e. The molecule has 0 spiro atoms. The van der Waals surface area contributed by atoms with Crippen LogP contribution in [0.5, 0.6) is 5.75 Å². The van der Waals surface area contributed by atoms with Crippen molar-refractivity contribution in [3.8, 4) is 5.75 Å². The summed E-state index contributed by atoms with van der Waals surface area (Å²) >= 11 is 5.85. The fourth-order valence-corrected chi connectivity index (χ4v) is 4.64. The van der Waals surface area contributed by atoms with Crippen molar-refractivity contribution in [3.63, 3.8) is 0 Å². The van der Waals surface area contributed by atoms with Gasteiger partial charge in [0, 0.05) is 32.1 Å². The normalized spacial score (nSPS) is 20.2. The number of ether oxygens (including phenoxy) is 2. The zero-order valence-electron chi connectivity index (χ0n) is 24.3. The topological polar surface area (TPSA) is 126 Å². The Kier molecular flexibility index (Phi) is 10.9. The van der Waals surface area contributed by atoms with Crippen molar-refractivity contribution in [2.45, 2.75) is 51.4 Å². The summed E-state index contributed by atoms with van der Waals surface area (Å²) in [6, 6.07) is 4.30. The lowest BCUT2D eigenvalue weighted by atomic mass is 9.95. The SMILES string of the molecule is CC(C)(C)OC(=O)NC1CCN(c2ncc(OCC3CCN(c4ncc(Cl)cn4)CC3O)cn2)C1.Fc1ccc(F)cc1. The number of piperidine rings is 1. The molecule has 2 fully saturated rings. The van der Waals surface area contributed by atoms with Crippen LogP contribution in [0, 0.1) is 17.6 Å². The largest absolute Gasteiger partial charge is 0.490 e. The number of aromatic nitrogens is 4. The van der Waals surface area contributed by atoms with E-state index in [1.807, 2.05) is 30.6 Å². The molecule has 3 atom stereocenters. The monoisotopic (exact) mass is 619 g/mol. The minimum Gasteiger partial charge on any atom is -0.490 e. The van der Waals surface area contributed by atoms with Gasteiger partial charge in [-0.05, 0) is 57.9 Å². The predicted molar refractivity (Wildman–Crippen MR) is 157 cm³/mol. The number of carbonyl (C=O) groups excluding carboxylic acids is 1. The average molecular weight is 620 g/mol. The third-order valence-corrected chi connectivity index (χ3v) is 6.88. The van der Waals surface area contributed by atoms with E-state index in [1.165, 1.54) is 0 Å². The molecule has 2 aliphatic rings. The lowest BCUT2D eigenvalue weighted by molar-refractivity contribution is 0.0508. The molecular formula is C29H36ClF2N7O4. The van der Waals surface area contributed by atoms with Gasteiger partial charge in [0.2, 0.25) is 11.9 Å². The van der Waals surface area contributed by atoms with Crippen LogP contribution in [0.25, 0.3) is 0 Å². The number of hydrogen-bond donors (Lipinski definition) is 2. The first-order valence-corrected chi connectivity index (χ1v) is 14.3. The first-order valence-electron chi connectivity index (χ1n) is 14.0. The highest BCUT2D eigenvalue weighted by atomic mass is 35.5. The molecular weight excluding hydrogens is 584 g/mol. The van der Waals surface area contributed by atoms with Crippen LogP contribution < -0.4 is 19.9 Å². The van der Waals surface area contributed by atoms with Gasteiger partial charge in [-0.25, -0.2) is 33.5 Å². The number of rotatable bonds is 6. The number of alkyl carbamates (subject to hydrolysis) is 1. The second kappa shape index (κ2) is 14.6. The maximum Gasteiger partial charge on any atom is 0.407 e. The Morgan fingerprint density at radius 2 is 1.49 bits per heavy atom. The highest BCUT2D eigenvalue weighted by Crippen LogP contribution is 2.24. The zero-order chi connectivity index (χ0) is 31.0. The molecule has 3 aromatic rings. The maximum atomic E-state index is 12.0. The summed E-state index contributed by atoms with van der Waals surface area (Å²) in [5, 5.41) is 14.0. The molecule has 2 aromatic heterocycles. The molecule has 1 amide bonds. The molecule has 0 saturated carbocycles. The summed E-state index contributed by atoms with van der Waals surface area (Å²) in [5.41, 5.74) is -0.528. The Morgan fingerprint density at radius 3 is 2.05 bits per heavy atom. The van der Waals surface area contributed by atoms with E-state index in [0.717, 1.165) is 50.2 Å². The van der Waals surface area contributed by atoms with Gasteiger partial charge in [0.15, 0.2) is 5.75 Å². The second-order valence-corrected chi connectivity index (χ2v) is 11.7. The number of nitrogens with one attached hydrogen (secondary N) is 1. The third kappa shape index (κ3) is 10.1. The Bertz CT molecular complexity index is 1290. The van der Waals surface area contributed by atoms with Crippen molar-refractivity contribution in [2.24, 2.45) is 5.92 Å². The number of nitrogens with zero attached hydrogens (tertiary/aromatic N) is 6. The first-order chi connectivity index (χ1) is 20.4. The lowest BCUT2D eigenvalue weighted by Crippen LogP contribution is -2.46. The molecule has 1 aromatic carbocycles. The highest BCUT2D eigenvalue weighted by Gasteiger charge is 2.30. The van der Waals surface area contributed by atoms with Crippen molar-refractivity contribution in [2.75, 3.05) is 42.6 Å². The van der Waals surface area contributed by atoms with Gasteiger partial charge in [-0.1, -0.05) is 11.6 Å². The van der Waals surface area contributed by atoms with Crippen molar-refractivity contribution >= 4 is 29.6 Å². The second-order valence-electron chi connectivity index (χ2n) is 11.3. The van der Waals surface area contributed by atoms with Crippen LogP contribution in [-0.2, 0) is 4.74 Å². The molecule has 2 aliphatic heterocycles. The molecule has 43 heavy (non-hydrogen) atoms. The van der Waals surface area contributed by atoms with Crippen LogP contribution in [0.1, 0.15) is 33.6 Å². The van der Waals surface area contributed by atoms with Crippen molar-refractivity contribution in [1.82, 2.24) is 25.3 Å². The molecule has 0 radical (unpaired) electrons. The number of aliphatic hydroxyl groups is 1. The van der Waals surface area contributed by atoms with Gasteiger partial charge in [-0.3, -0.25) is 0 Å². The predicted octanol–water partition coefficient (Wildman–Crippen LogP) is 4.25. The standard InChI is InChI=1S/C23H32ClN7O4.C6H4F2/c1-23(2,3)35-22(33)29-17-5-7-30(12-17)21-27-10-18(11-28-21)34-14-15-4-6-31(13-19(15)32)20-25-8-16(24)9-26-20;7-5-1-2-6(8)4-3-5/h8-11,15,17,19,32H,4-7,12-14H2,1-3H3,(H,29,33);1-4H.